The van der Waals surface area contributed by atoms with Crippen molar-refractivity contribution in [2.75, 3.05) is 13.2 Å². The largest absolute Gasteiger partial charge is 0.441 e. The molecule has 2 atom stereocenters. The summed E-state index contributed by atoms with van der Waals surface area (Å²) in [6, 6.07) is 0. The van der Waals surface area contributed by atoms with Crippen LogP contribution < -0.4 is 5.73 Å². The van der Waals surface area contributed by atoms with Gasteiger partial charge in [0.1, 0.15) is 0 Å². The third kappa shape index (κ3) is 3.57. The fourth-order valence-electron chi connectivity index (χ4n) is 2.57. The molecule has 0 saturated carbocycles. The van der Waals surface area contributed by atoms with Crippen molar-refractivity contribution in [2.24, 2.45) is 5.73 Å². The van der Waals surface area contributed by atoms with E-state index in [1.54, 1.807) is 0 Å². The van der Waals surface area contributed by atoms with Gasteiger partial charge in [-0.25, -0.2) is 4.79 Å². The summed E-state index contributed by atoms with van der Waals surface area (Å²) >= 11 is 0. The molecule has 2 unspecified atom stereocenters. The normalized spacial score (nSPS) is 31.8. The van der Waals surface area contributed by atoms with Gasteiger partial charge in [0, 0.05) is 13.2 Å². The van der Waals surface area contributed by atoms with E-state index < -0.39 is 6.09 Å². The van der Waals surface area contributed by atoms with Gasteiger partial charge >= 0.3 is 6.09 Å². The van der Waals surface area contributed by atoms with Crippen LogP contribution in [-0.4, -0.2) is 37.6 Å². The van der Waals surface area contributed by atoms with Crippen molar-refractivity contribution < 1.29 is 19.0 Å². The summed E-state index contributed by atoms with van der Waals surface area (Å²) in [4.78, 5) is 11.0. The molecule has 2 fully saturated rings. The summed E-state index contributed by atoms with van der Waals surface area (Å²) in [5.41, 5.74) is 5.13. The fraction of sp³-hybridized carbons (Fsp3) is 0.917. The van der Waals surface area contributed by atoms with E-state index in [9.17, 15) is 4.79 Å². The molecular weight excluding hydrogens is 222 g/mol. The van der Waals surface area contributed by atoms with Crippen molar-refractivity contribution in [1.29, 1.82) is 0 Å². The SMILES string of the molecule is NC(=O)OC(C1CCCCO1)C1CCCCO1. The second-order valence-electron chi connectivity index (χ2n) is 4.71. The summed E-state index contributed by atoms with van der Waals surface area (Å²) in [6.45, 7) is 1.46. The number of carbonyl (C=O) groups is 1. The Morgan fingerprint density at radius 2 is 1.59 bits per heavy atom. The standard InChI is InChI=1S/C12H21NO4/c13-12(14)17-11(9-5-1-3-7-15-9)10-6-2-4-8-16-10/h9-11H,1-8H2,(H2,13,14). The molecule has 17 heavy (non-hydrogen) atoms. The molecule has 2 N–H and O–H groups in total. The zero-order chi connectivity index (χ0) is 12.1. The van der Waals surface area contributed by atoms with Crippen molar-refractivity contribution in [2.45, 2.75) is 56.8 Å². The average molecular weight is 243 g/mol. The highest BCUT2D eigenvalue weighted by atomic mass is 16.6. The second kappa shape index (κ2) is 6.21. The molecule has 2 aliphatic heterocycles. The highest BCUT2D eigenvalue weighted by molar-refractivity contribution is 5.64. The molecule has 98 valence electrons. The molecule has 0 spiro atoms. The zero-order valence-corrected chi connectivity index (χ0v) is 10.1. The van der Waals surface area contributed by atoms with Crippen molar-refractivity contribution in [3.8, 4) is 0 Å². The van der Waals surface area contributed by atoms with Crippen molar-refractivity contribution in [3.05, 3.63) is 0 Å². The Kier molecular flexibility index (Phi) is 4.62. The first kappa shape index (κ1) is 12.6. The topological polar surface area (TPSA) is 70.8 Å². The minimum absolute atomic E-state index is 0.0562. The molecule has 2 saturated heterocycles. The van der Waals surface area contributed by atoms with Gasteiger partial charge in [-0.2, -0.15) is 0 Å². The Balaban J connectivity index is 1.97. The lowest BCUT2D eigenvalue weighted by Gasteiger charge is -2.36. The van der Waals surface area contributed by atoms with Gasteiger partial charge in [-0.3, -0.25) is 0 Å². The molecule has 0 radical (unpaired) electrons. The van der Waals surface area contributed by atoms with Gasteiger partial charge in [0.15, 0.2) is 6.10 Å². The third-order valence-corrected chi connectivity index (χ3v) is 3.41. The number of carbonyl (C=O) groups excluding carboxylic acids is 1. The molecule has 5 nitrogen and oxygen atoms in total. The first-order chi connectivity index (χ1) is 8.27. The van der Waals surface area contributed by atoms with Crippen LogP contribution in [0.5, 0.6) is 0 Å². The van der Waals surface area contributed by atoms with Crippen LogP contribution in [0.2, 0.25) is 0 Å². The lowest BCUT2D eigenvalue weighted by Crippen LogP contribution is -2.47. The van der Waals surface area contributed by atoms with E-state index in [2.05, 4.69) is 0 Å². The first-order valence-corrected chi connectivity index (χ1v) is 6.46. The van der Waals surface area contributed by atoms with Gasteiger partial charge in [-0.05, 0) is 38.5 Å². The molecule has 0 aromatic rings. The molecular formula is C12H21NO4. The summed E-state index contributed by atoms with van der Waals surface area (Å²) in [5, 5.41) is 0. The minimum Gasteiger partial charge on any atom is -0.441 e. The van der Waals surface area contributed by atoms with Crippen molar-refractivity contribution in [3.63, 3.8) is 0 Å². The smallest absolute Gasteiger partial charge is 0.404 e. The molecule has 1 amide bonds. The van der Waals surface area contributed by atoms with Crippen LogP contribution in [0.3, 0.4) is 0 Å². The van der Waals surface area contributed by atoms with Crippen LogP contribution in [0.15, 0.2) is 0 Å². The molecule has 5 heteroatoms. The van der Waals surface area contributed by atoms with Crippen molar-refractivity contribution >= 4 is 6.09 Å². The Labute approximate surface area is 102 Å². The summed E-state index contributed by atoms with van der Waals surface area (Å²) in [5.74, 6) is 0. The maximum atomic E-state index is 11.0. The number of amides is 1. The Morgan fingerprint density at radius 3 is 1.94 bits per heavy atom. The molecule has 2 aliphatic rings. The Morgan fingerprint density at radius 1 is 1.06 bits per heavy atom. The predicted molar refractivity (Wildman–Crippen MR) is 61.6 cm³/mol. The van der Waals surface area contributed by atoms with E-state index in [0.717, 1.165) is 51.7 Å². The van der Waals surface area contributed by atoms with Gasteiger partial charge in [0.25, 0.3) is 0 Å². The average Bonchev–Trinajstić information content (AvgIpc) is 2.38. The van der Waals surface area contributed by atoms with Crippen LogP contribution in [0, 0.1) is 0 Å². The van der Waals surface area contributed by atoms with E-state index in [0.29, 0.717) is 0 Å². The molecule has 2 heterocycles. The third-order valence-electron chi connectivity index (χ3n) is 3.41. The Hall–Kier alpha value is -0.810. The fourth-order valence-corrected chi connectivity index (χ4v) is 2.57. The van der Waals surface area contributed by atoms with Crippen LogP contribution in [0.4, 0.5) is 4.79 Å². The van der Waals surface area contributed by atoms with Crippen LogP contribution in [0.1, 0.15) is 38.5 Å². The Bertz CT molecular complexity index is 229. The summed E-state index contributed by atoms with van der Waals surface area (Å²) in [6.07, 6.45) is 5.00. The number of rotatable bonds is 3. The van der Waals surface area contributed by atoms with Gasteiger partial charge < -0.3 is 19.9 Å². The molecule has 2 rings (SSSR count). The predicted octanol–water partition coefficient (Wildman–Crippen LogP) is 1.59. The van der Waals surface area contributed by atoms with E-state index in [1.807, 2.05) is 0 Å². The van der Waals surface area contributed by atoms with E-state index >= 15 is 0 Å². The van der Waals surface area contributed by atoms with Gasteiger partial charge in [0.2, 0.25) is 0 Å². The van der Waals surface area contributed by atoms with E-state index in [4.69, 9.17) is 19.9 Å². The highest BCUT2D eigenvalue weighted by Gasteiger charge is 2.35. The van der Waals surface area contributed by atoms with E-state index in [-0.39, 0.29) is 18.3 Å². The number of nitrogens with two attached hydrogens (primary N) is 1. The highest BCUT2D eigenvalue weighted by Crippen LogP contribution is 2.26. The first-order valence-electron chi connectivity index (χ1n) is 6.46. The second-order valence-corrected chi connectivity index (χ2v) is 4.71. The van der Waals surface area contributed by atoms with Gasteiger partial charge in [-0.15, -0.1) is 0 Å². The number of hydrogen-bond acceptors (Lipinski definition) is 4. The lowest BCUT2D eigenvalue weighted by molar-refractivity contribution is -0.135. The maximum Gasteiger partial charge on any atom is 0.404 e. The van der Waals surface area contributed by atoms with Gasteiger partial charge in [0.05, 0.1) is 12.2 Å². The number of primary amides is 1. The molecule has 0 aromatic carbocycles. The van der Waals surface area contributed by atoms with Gasteiger partial charge in [-0.1, -0.05) is 0 Å². The van der Waals surface area contributed by atoms with Crippen LogP contribution in [0.25, 0.3) is 0 Å². The molecule has 0 aliphatic carbocycles. The number of hydrogen-bond donors (Lipinski definition) is 1. The molecule has 0 bridgehead atoms. The van der Waals surface area contributed by atoms with E-state index in [1.165, 1.54) is 0 Å². The minimum atomic E-state index is -0.738. The lowest BCUT2D eigenvalue weighted by atomic mass is 9.95. The van der Waals surface area contributed by atoms with Crippen LogP contribution in [-0.2, 0) is 14.2 Å². The molecule has 0 aromatic heterocycles. The number of ether oxygens (including phenoxy) is 3. The monoisotopic (exact) mass is 243 g/mol. The van der Waals surface area contributed by atoms with Crippen molar-refractivity contribution in [1.82, 2.24) is 0 Å². The summed E-state index contributed by atoms with van der Waals surface area (Å²) < 4.78 is 16.6. The quantitative estimate of drug-likeness (QED) is 0.817. The summed E-state index contributed by atoms with van der Waals surface area (Å²) in [7, 11) is 0. The van der Waals surface area contributed by atoms with Crippen LogP contribution >= 0.6 is 0 Å². The maximum absolute atomic E-state index is 11.0. The zero-order valence-electron chi connectivity index (χ0n) is 10.1.